The average molecular weight is 303 g/mol. The van der Waals surface area contributed by atoms with Crippen molar-refractivity contribution < 1.29 is 4.79 Å². The fourth-order valence-electron chi connectivity index (χ4n) is 3.02. The first kappa shape index (κ1) is 14.3. The van der Waals surface area contributed by atoms with E-state index in [-0.39, 0.29) is 11.9 Å². The third-order valence-corrected chi connectivity index (χ3v) is 4.64. The Balaban J connectivity index is 1.84. The van der Waals surface area contributed by atoms with E-state index in [0.29, 0.717) is 16.6 Å². The molecule has 3 nitrogen and oxygen atoms in total. The molecule has 0 bridgehead atoms. The van der Waals surface area contributed by atoms with Crippen LogP contribution in [0.1, 0.15) is 43.1 Å². The number of nitrogens with one attached hydrogen (secondary N) is 1. The van der Waals surface area contributed by atoms with Crippen molar-refractivity contribution in [2.45, 2.75) is 38.6 Å². The van der Waals surface area contributed by atoms with E-state index in [1.54, 1.807) is 6.07 Å². The van der Waals surface area contributed by atoms with Crippen molar-refractivity contribution in [2.75, 3.05) is 0 Å². The van der Waals surface area contributed by atoms with Gasteiger partial charge in [-0.3, -0.25) is 4.79 Å². The lowest BCUT2D eigenvalue weighted by molar-refractivity contribution is 0.0905. The fourth-order valence-corrected chi connectivity index (χ4v) is 3.29. The van der Waals surface area contributed by atoms with Crippen LogP contribution in [0.4, 0.5) is 0 Å². The number of rotatable bonds is 2. The summed E-state index contributed by atoms with van der Waals surface area (Å²) in [6, 6.07) is 9.51. The molecule has 1 aromatic carbocycles. The topological polar surface area (TPSA) is 42.0 Å². The lowest BCUT2D eigenvalue weighted by Gasteiger charge is -2.29. The molecule has 0 aliphatic heterocycles. The molecule has 1 fully saturated rings. The van der Waals surface area contributed by atoms with Gasteiger partial charge in [-0.25, -0.2) is 4.98 Å². The van der Waals surface area contributed by atoms with E-state index in [2.05, 4.69) is 17.2 Å². The SMILES string of the molecule is CC1CCCCC1NC(=O)c1cc(Cl)c2ccccc2n1. The van der Waals surface area contributed by atoms with Gasteiger partial charge in [-0.05, 0) is 30.9 Å². The number of carbonyl (C=O) groups is 1. The maximum absolute atomic E-state index is 12.4. The standard InChI is InChI=1S/C17H19ClN2O/c1-11-6-2-4-8-14(11)20-17(21)16-10-13(18)12-7-3-5-9-15(12)19-16/h3,5,7,9-11,14H,2,4,6,8H2,1H3,(H,20,21). The number of halogens is 1. The van der Waals surface area contributed by atoms with Gasteiger partial charge in [0.15, 0.2) is 0 Å². The molecular formula is C17H19ClN2O. The van der Waals surface area contributed by atoms with Gasteiger partial charge in [-0.15, -0.1) is 0 Å². The van der Waals surface area contributed by atoms with Crippen molar-refractivity contribution in [3.05, 3.63) is 41.0 Å². The van der Waals surface area contributed by atoms with Crippen LogP contribution < -0.4 is 5.32 Å². The van der Waals surface area contributed by atoms with Crippen molar-refractivity contribution in [3.63, 3.8) is 0 Å². The molecule has 21 heavy (non-hydrogen) atoms. The van der Waals surface area contributed by atoms with Crippen LogP contribution in [0, 0.1) is 5.92 Å². The molecule has 1 aliphatic rings. The minimum Gasteiger partial charge on any atom is -0.348 e. The van der Waals surface area contributed by atoms with Gasteiger partial charge in [0.05, 0.1) is 10.5 Å². The smallest absolute Gasteiger partial charge is 0.270 e. The fraction of sp³-hybridized carbons (Fsp3) is 0.412. The van der Waals surface area contributed by atoms with Crippen molar-refractivity contribution in [1.29, 1.82) is 0 Å². The minimum absolute atomic E-state index is 0.124. The first-order valence-corrected chi connectivity index (χ1v) is 7.89. The van der Waals surface area contributed by atoms with Crippen LogP contribution in [-0.4, -0.2) is 16.9 Å². The van der Waals surface area contributed by atoms with Crippen LogP contribution in [0.25, 0.3) is 10.9 Å². The average Bonchev–Trinajstić information content (AvgIpc) is 2.49. The Bertz CT molecular complexity index is 671. The van der Waals surface area contributed by atoms with E-state index in [1.807, 2.05) is 24.3 Å². The Labute approximate surface area is 129 Å². The highest BCUT2D eigenvalue weighted by Crippen LogP contribution is 2.25. The highest BCUT2D eigenvalue weighted by Gasteiger charge is 2.24. The van der Waals surface area contributed by atoms with Gasteiger partial charge in [-0.1, -0.05) is 49.6 Å². The van der Waals surface area contributed by atoms with Gasteiger partial charge in [-0.2, -0.15) is 0 Å². The molecule has 1 N–H and O–H groups in total. The zero-order valence-electron chi connectivity index (χ0n) is 12.1. The molecule has 4 heteroatoms. The van der Waals surface area contributed by atoms with Gasteiger partial charge in [0.2, 0.25) is 0 Å². The summed E-state index contributed by atoms with van der Waals surface area (Å²) in [7, 11) is 0. The zero-order valence-corrected chi connectivity index (χ0v) is 12.9. The number of hydrogen-bond acceptors (Lipinski definition) is 2. The molecule has 1 aliphatic carbocycles. The zero-order chi connectivity index (χ0) is 14.8. The summed E-state index contributed by atoms with van der Waals surface area (Å²) in [5.41, 5.74) is 1.16. The second kappa shape index (κ2) is 6.02. The summed E-state index contributed by atoms with van der Waals surface area (Å²) >= 11 is 6.26. The molecule has 2 atom stereocenters. The van der Waals surface area contributed by atoms with Crippen molar-refractivity contribution >= 4 is 28.4 Å². The molecule has 2 aromatic rings. The number of fused-ring (bicyclic) bond motifs is 1. The Morgan fingerprint density at radius 2 is 2.05 bits per heavy atom. The van der Waals surface area contributed by atoms with Crippen LogP contribution >= 0.6 is 11.6 Å². The van der Waals surface area contributed by atoms with E-state index >= 15 is 0 Å². The molecule has 1 aromatic heterocycles. The maximum atomic E-state index is 12.4. The second-order valence-corrected chi connectivity index (χ2v) is 6.26. The van der Waals surface area contributed by atoms with Gasteiger partial charge >= 0.3 is 0 Å². The first-order valence-electron chi connectivity index (χ1n) is 7.51. The normalized spacial score (nSPS) is 22.2. The lowest BCUT2D eigenvalue weighted by atomic mass is 9.86. The predicted molar refractivity (Wildman–Crippen MR) is 85.6 cm³/mol. The number of para-hydroxylation sites is 1. The summed E-state index contributed by atoms with van der Waals surface area (Å²) in [6.45, 7) is 2.20. The monoisotopic (exact) mass is 302 g/mol. The maximum Gasteiger partial charge on any atom is 0.270 e. The molecule has 1 heterocycles. The number of pyridine rings is 1. The summed E-state index contributed by atoms with van der Waals surface area (Å²) in [5, 5.41) is 4.57. The minimum atomic E-state index is -0.124. The number of nitrogens with zero attached hydrogens (tertiary/aromatic N) is 1. The third-order valence-electron chi connectivity index (χ3n) is 4.33. The summed E-state index contributed by atoms with van der Waals surface area (Å²) in [6.07, 6.45) is 4.67. The van der Waals surface area contributed by atoms with Crippen LogP contribution in [0.15, 0.2) is 30.3 Å². The van der Waals surface area contributed by atoms with Crippen LogP contribution in [0.3, 0.4) is 0 Å². The predicted octanol–water partition coefficient (Wildman–Crippen LogP) is 4.20. The van der Waals surface area contributed by atoms with Gasteiger partial charge in [0.25, 0.3) is 5.91 Å². The Morgan fingerprint density at radius 3 is 2.86 bits per heavy atom. The van der Waals surface area contributed by atoms with Gasteiger partial charge in [0, 0.05) is 11.4 Å². The van der Waals surface area contributed by atoms with E-state index in [4.69, 9.17) is 11.6 Å². The number of aromatic nitrogens is 1. The van der Waals surface area contributed by atoms with Gasteiger partial charge < -0.3 is 5.32 Å². The van der Waals surface area contributed by atoms with E-state index < -0.39 is 0 Å². The third kappa shape index (κ3) is 3.03. The Morgan fingerprint density at radius 1 is 1.29 bits per heavy atom. The number of hydrogen-bond donors (Lipinski definition) is 1. The van der Waals surface area contributed by atoms with Crippen molar-refractivity contribution in [1.82, 2.24) is 10.3 Å². The van der Waals surface area contributed by atoms with Crippen LogP contribution in [-0.2, 0) is 0 Å². The molecule has 1 saturated carbocycles. The number of benzene rings is 1. The molecule has 0 saturated heterocycles. The molecule has 2 unspecified atom stereocenters. The first-order chi connectivity index (χ1) is 10.1. The largest absolute Gasteiger partial charge is 0.348 e. The molecule has 0 radical (unpaired) electrons. The summed E-state index contributed by atoms with van der Waals surface area (Å²) < 4.78 is 0. The Hall–Kier alpha value is -1.61. The van der Waals surface area contributed by atoms with Gasteiger partial charge in [0.1, 0.15) is 5.69 Å². The van der Waals surface area contributed by atoms with Crippen LogP contribution in [0.2, 0.25) is 5.02 Å². The van der Waals surface area contributed by atoms with E-state index in [1.165, 1.54) is 19.3 Å². The number of carbonyl (C=O) groups excluding carboxylic acids is 1. The second-order valence-electron chi connectivity index (χ2n) is 5.85. The molecule has 1 amide bonds. The highest BCUT2D eigenvalue weighted by molar-refractivity contribution is 6.35. The number of amides is 1. The Kier molecular flexibility index (Phi) is 4.11. The highest BCUT2D eigenvalue weighted by atomic mass is 35.5. The van der Waals surface area contributed by atoms with Crippen molar-refractivity contribution in [3.8, 4) is 0 Å². The quantitative estimate of drug-likeness (QED) is 0.903. The molecule has 3 rings (SSSR count). The lowest BCUT2D eigenvalue weighted by Crippen LogP contribution is -2.41. The van der Waals surface area contributed by atoms with Crippen LogP contribution in [0.5, 0.6) is 0 Å². The summed E-state index contributed by atoms with van der Waals surface area (Å²) in [5.74, 6) is 0.403. The molecular weight excluding hydrogens is 284 g/mol. The molecule has 0 spiro atoms. The van der Waals surface area contributed by atoms with E-state index in [0.717, 1.165) is 17.3 Å². The molecule has 110 valence electrons. The van der Waals surface area contributed by atoms with Crippen molar-refractivity contribution in [2.24, 2.45) is 5.92 Å². The summed E-state index contributed by atoms with van der Waals surface area (Å²) in [4.78, 5) is 16.9. The van der Waals surface area contributed by atoms with E-state index in [9.17, 15) is 4.79 Å².